The number of piperazine rings is 1. The maximum absolute atomic E-state index is 12.8. The van der Waals surface area contributed by atoms with Gasteiger partial charge in [0.2, 0.25) is 11.7 Å². The number of thiophene rings is 1. The zero-order chi connectivity index (χ0) is 19.6. The van der Waals surface area contributed by atoms with Crippen LogP contribution >= 0.6 is 11.3 Å². The minimum atomic E-state index is -0.0202. The van der Waals surface area contributed by atoms with Crippen LogP contribution in [0.2, 0.25) is 0 Å². The van der Waals surface area contributed by atoms with Crippen LogP contribution in [0.5, 0.6) is 0 Å². The number of nitrogens with zero attached hydrogens (tertiary/aromatic N) is 5. The maximum Gasteiger partial charge on any atom is 0.272 e. The average Bonchev–Trinajstić information content (AvgIpc) is 3.45. The van der Waals surface area contributed by atoms with Crippen molar-refractivity contribution in [3.8, 4) is 10.7 Å². The normalized spacial score (nSPS) is 15.1. The number of para-hydroxylation sites is 1. The van der Waals surface area contributed by atoms with E-state index in [0.29, 0.717) is 37.0 Å². The lowest BCUT2D eigenvalue weighted by Crippen LogP contribution is -2.48. The van der Waals surface area contributed by atoms with Crippen LogP contribution in [0.1, 0.15) is 16.4 Å². The number of amides is 1. The van der Waals surface area contributed by atoms with E-state index in [2.05, 4.69) is 20.0 Å². The average molecular weight is 405 g/mol. The summed E-state index contributed by atoms with van der Waals surface area (Å²) in [5.74, 6) is 1.21. The predicted molar refractivity (Wildman–Crippen MR) is 111 cm³/mol. The van der Waals surface area contributed by atoms with Gasteiger partial charge in [-0.2, -0.15) is 4.98 Å². The van der Waals surface area contributed by atoms with E-state index < -0.39 is 0 Å². The van der Waals surface area contributed by atoms with Crippen LogP contribution < -0.4 is 0 Å². The molecule has 0 radical (unpaired) electrons. The van der Waals surface area contributed by atoms with Gasteiger partial charge in [0, 0.05) is 31.6 Å². The van der Waals surface area contributed by atoms with Crippen molar-refractivity contribution in [2.24, 2.45) is 0 Å². The van der Waals surface area contributed by atoms with Gasteiger partial charge in [-0.25, -0.2) is 4.98 Å². The van der Waals surface area contributed by atoms with Crippen LogP contribution in [0.4, 0.5) is 0 Å². The Balaban J connectivity index is 1.20. The third kappa shape index (κ3) is 3.76. The summed E-state index contributed by atoms with van der Waals surface area (Å²) < 4.78 is 5.39. The monoisotopic (exact) mass is 405 g/mol. The zero-order valence-electron chi connectivity index (χ0n) is 15.7. The van der Waals surface area contributed by atoms with E-state index in [0.717, 1.165) is 28.9 Å². The molecule has 0 spiro atoms. The minimum Gasteiger partial charge on any atom is -0.338 e. The molecule has 0 atom stereocenters. The summed E-state index contributed by atoms with van der Waals surface area (Å²) in [7, 11) is 0. The summed E-state index contributed by atoms with van der Waals surface area (Å²) in [5.41, 5.74) is 1.34. The molecular weight excluding hydrogens is 386 g/mol. The molecule has 0 unspecified atom stereocenters. The Morgan fingerprint density at radius 3 is 2.69 bits per heavy atom. The second kappa shape index (κ2) is 7.73. The lowest BCUT2D eigenvalue weighted by molar-refractivity contribution is 0.0610. The Labute approximate surface area is 171 Å². The molecule has 5 rings (SSSR count). The molecule has 1 amide bonds. The number of hydrogen-bond acceptors (Lipinski definition) is 7. The van der Waals surface area contributed by atoms with Gasteiger partial charge in [-0.3, -0.25) is 9.69 Å². The van der Waals surface area contributed by atoms with Gasteiger partial charge >= 0.3 is 0 Å². The van der Waals surface area contributed by atoms with E-state index in [1.54, 1.807) is 11.3 Å². The van der Waals surface area contributed by atoms with E-state index in [9.17, 15) is 4.79 Å². The first-order valence-electron chi connectivity index (χ1n) is 9.50. The van der Waals surface area contributed by atoms with Gasteiger partial charge in [0.1, 0.15) is 5.69 Å². The van der Waals surface area contributed by atoms with Crippen molar-refractivity contribution in [1.82, 2.24) is 24.9 Å². The summed E-state index contributed by atoms with van der Waals surface area (Å²) in [4.78, 5) is 26.9. The summed E-state index contributed by atoms with van der Waals surface area (Å²) in [6.07, 6.45) is 0. The number of pyridine rings is 1. The molecule has 1 aromatic carbocycles. The molecule has 146 valence electrons. The van der Waals surface area contributed by atoms with Crippen LogP contribution in [-0.2, 0) is 6.54 Å². The quantitative estimate of drug-likeness (QED) is 0.519. The van der Waals surface area contributed by atoms with Crippen LogP contribution in [0, 0.1) is 0 Å². The topological polar surface area (TPSA) is 75.4 Å². The molecule has 0 bridgehead atoms. The Hall–Kier alpha value is -3.10. The zero-order valence-corrected chi connectivity index (χ0v) is 16.5. The van der Waals surface area contributed by atoms with Crippen molar-refractivity contribution in [2.75, 3.05) is 26.2 Å². The van der Waals surface area contributed by atoms with Crippen LogP contribution in [0.3, 0.4) is 0 Å². The Morgan fingerprint density at radius 2 is 1.86 bits per heavy atom. The second-order valence-electron chi connectivity index (χ2n) is 6.95. The van der Waals surface area contributed by atoms with Gasteiger partial charge in [-0.1, -0.05) is 35.5 Å². The first kappa shape index (κ1) is 18.0. The summed E-state index contributed by atoms with van der Waals surface area (Å²) in [6, 6.07) is 15.5. The molecule has 0 saturated carbocycles. The highest BCUT2D eigenvalue weighted by Gasteiger charge is 2.24. The molecule has 1 aliphatic rings. The Morgan fingerprint density at radius 1 is 1.00 bits per heavy atom. The first-order valence-corrected chi connectivity index (χ1v) is 10.4. The van der Waals surface area contributed by atoms with Crippen molar-refractivity contribution < 1.29 is 9.32 Å². The third-order valence-corrected chi connectivity index (χ3v) is 5.91. The largest absolute Gasteiger partial charge is 0.338 e. The number of benzene rings is 1. The van der Waals surface area contributed by atoms with Gasteiger partial charge < -0.3 is 9.42 Å². The second-order valence-corrected chi connectivity index (χ2v) is 7.89. The van der Waals surface area contributed by atoms with E-state index >= 15 is 0 Å². The van der Waals surface area contributed by atoms with Crippen LogP contribution in [0.15, 0.2) is 58.4 Å². The van der Waals surface area contributed by atoms with Crippen molar-refractivity contribution in [2.45, 2.75) is 6.54 Å². The standard InChI is InChI=1S/C21H19N5O2S/c27-21(17-8-7-15-4-1-2-5-16(15)22-17)26-11-9-25(10-12-26)14-19-23-20(24-28-19)18-6-3-13-29-18/h1-8,13H,9-12,14H2. The van der Waals surface area contributed by atoms with Crippen molar-refractivity contribution in [3.63, 3.8) is 0 Å². The van der Waals surface area contributed by atoms with E-state index in [-0.39, 0.29) is 5.91 Å². The highest BCUT2D eigenvalue weighted by molar-refractivity contribution is 7.13. The molecule has 0 aliphatic carbocycles. The lowest BCUT2D eigenvalue weighted by atomic mass is 10.2. The smallest absolute Gasteiger partial charge is 0.272 e. The SMILES string of the molecule is O=C(c1ccc2ccccc2n1)N1CCN(Cc2nc(-c3cccs3)no2)CC1. The number of rotatable bonds is 4. The fourth-order valence-corrected chi connectivity index (χ4v) is 4.12. The van der Waals surface area contributed by atoms with Crippen LogP contribution in [-0.4, -0.2) is 57.0 Å². The molecule has 4 heterocycles. The molecule has 29 heavy (non-hydrogen) atoms. The van der Waals surface area contributed by atoms with E-state index in [4.69, 9.17) is 4.52 Å². The van der Waals surface area contributed by atoms with Crippen LogP contribution in [0.25, 0.3) is 21.6 Å². The number of aromatic nitrogens is 3. The van der Waals surface area contributed by atoms with E-state index in [1.807, 2.05) is 58.8 Å². The van der Waals surface area contributed by atoms with Gasteiger partial charge in [0.05, 0.1) is 16.9 Å². The number of carbonyl (C=O) groups is 1. The summed E-state index contributed by atoms with van der Waals surface area (Å²) in [5, 5.41) is 7.09. The fraction of sp³-hybridized carbons (Fsp3) is 0.238. The molecule has 3 aromatic heterocycles. The Bertz CT molecular complexity index is 1130. The van der Waals surface area contributed by atoms with Gasteiger partial charge in [-0.05, 0) is 23.6 Å². The predicted octanol–water partition coefficient (Wildman–Crippen LogP) is 3.30. The van der Waals surface area contributed by atoms with Crippen molar-refractivity contribution >= 4 is 28.1 Å². The highest BCUT2D eigenvalue weighted by atomic mass is 32.1. The molecule has 7 nitrogen and oxygen atoms in total. The molecule has 8 heteroatoms. The first-order chi connectivity index (χ1) is 14.3. The molecule has 4 aromatic rings. The highest BCUT2D eigenvalue weighted by Crippen LogP contribution is 2.22. The lowest BCUT2D eigenvalue weighted by Gasteiger charge is -2.33. The molecule has 1 aliphatic heterocycles. The molecule has 1 fully saturated rings. The minimum absolute atomic E-state index is 0.0202. The maximum atomic E-state index is 12.8. The number of fused-ring (bicyclic) bond motifs is 1. The third-order valence-electron chi connectivity index (χ3n) is 5.05. The van der Waals surface area contributed by atoms with Crippen molar-refractivity contribution in [1.29, 1.82) is 0 Å². The molecule has 1 saturated heterocycles. The summed E-state index contributed by atoms with van der Waals surface area (Å²) >= 11 is 1.59. The summed E-state index contributed by atoms with van der Waals surface area (Å²) in [6.45, 7) is 3.42. The fourth-order valence-electron chi connectivity index (χ4n) is 3.47. The van der Waals surface area contributed by atoms with Gasteiger partial charge in [-0.15, -0.1) is 11.3 Å². The molecular formula is C21H19N5O2S. The molecule has 0 N–H and O–H groups in total. The van der Waals surface area contributed by atoms with Gasteiger partial charge in [0.25, 0.3) is 5.91 Å². The van der Waals surface area contributed by atoms with Crippen molar-refractivity contribution in [3.05, 3.63) is 65.5 Å². The van der Waals surface area contributed by atoms with E-state index in [1.165, 1.54) is 0 Å². The number of carbonyl (C=O) groups excluding carboxylic acids is 1. The number of hydrogen-bond donors (Lipinski definition) is 0. The Kier molecular flexibility index (Phi) is 4.79. The van der Waals surface area contributed by atoms with Gasteiger partial charge in [0.15, 0.2) is 0 Å².